The minimum Gasteiger partial charge on any atom is -0.497 e. The summed E-state index contributed by atoms with van der Waals surface area (Å²) in [5, 5.41) is 9.49. The van der Waals surface area contributed by atoms with Crippen molar-refractivity contribution >= 4 is 8.53 Å². The van der Waals surface area contributed by atoms with Crippen LogP contribution in [0.4, 0.5) is 0 Å². The number of methoxy groups -OCH3 is 1. The van der Waals surface area contributed by atoms with Gasteiger partial charge in [0.05, 0.1) is 39.4 Å². The van der Waals surface area contributed by atoms with Gasteiger partial charge in [0.2, 0.25) is 0 Å². The summed E-state index contributed by atoms with van der Waals surface area (Å²) < 4.78 is 38.4. The molecule has 3 aromatic carbocycles. The van der Waals surface area contributed by atoms with Crippen molar-refractivity contribution in [3.63, 3.8) is 0 Å². The third kappa shape index (κ3) is 9.71. The van der Waals surface area contributed by atoms with E-state index in [1.54, 1.807) is 21.0 Å². The molecule has 1 fully saturated rings. The number of aromatic amines is 2. The van der Waals surface area contributed by atoms with Crippen LogP contribution in [0.3, 0.4) is 0 Å². The van der Waals surface area contributed by atoms with Crippen LogP contribution in [0.2, 0.25) is 0 Å². The summed E-state index contributed by atoms with van der Waals surface area (Å²) in [5.41, 5.74) is -2.50. The lowest BCUT2D eigenvalue weighted by molar-refractivity contribution is -0.165. The summed E-state index contributed by atoms with van der Waals surface area (Å²) in [4.78, 5) is 57.4. The molecule has 6 rings (SSSR count). The first-order valence-electron chi connectivity index (χ1n) is 20.2. The van der Waals surface area contributed by atoms with Crippen molar-refractivity contribution in [3.8, 4) is 11.8 Å². The Balaban J connectivity index is 1.61. The van der Waals surface area contributed by atoms with Crippen molar-refractivity contribution in [2.45, 2.75) is 96.5 Å². The first-order chi connectivity index (χ1) is 29.2. The van der Waals surface area contributed by atoms with E-state index in [4.69, 9.17) is 23.3 Å². The summed E-state index contributed by atoms with van der Waals surface area (Å²) in [6.07, 6.45) is 1.04. The first-order valence-corrected chi connectivity index (χ1v) is 21.3. The lowest BCUT2D eigenvalue weighted by Gasteiger charge is -2.43. The number of nitrogens with zero attached hydrogens (tertiary/aromatic N) is 4. The van der Waals surface area contributed by atoms with Gasteiger partial charge in [-0.1, -0.05) is 72.8 Å². The second-order valence-corrected chi connectivity index (χ2v) is 17.0. The van der Waals surface area contributed by atoms with Crippen LogP contribution in [0.25, 0.3) is 0 Å². The van der Waals surface area contributed by atoms with Crippen LogP contribution in [-0.2, 0) is 30.7 Å². The molecule has 5 aromatic rings. The number of aromatic nitrogens is 4. The maximum atomic E-state index is 13.7. The highest BCUT2D eigenvalue weighted by Crippen LogP contribution is 2.53. The van der Waals surface area contributed by atoms with Crippen molar-refractivity contribution in [2.24, 2.45) is 0 Å². The van der Waals surface area contributed by atoms with Gasteiger partial charge in [0.25, 0.3) is 19.6 Å². The van der Waals surface area contributed by atoms with Gasteiger partial charge in [-0.05, 0) is 70.4 Å². The Morgan fingerprint density at radius 1 is 0.852 bits per heavy atom. The maximum absolute atomic E-state index is 13.7. The van der Waals surface area contributed by atoms with Crippen LogP contribution in [0.5, 0.6) is 5.75 Å². The fourth-order valence-corrected chi connectivity index (χ4v) is 9.59. The molecule has 0 aliphatic carbocycles. The molecule has 1 aliphatic heterocycles. The van der Waals surface area contributed by atoms with Gasteiger partial charge in [-0.15, -0.1) is 0 Å². The third-order valence-electron chi connectivity index (χ3n) is 10.7. The van der Waals surface area contributed by atoms with E-state index in [2.05, 4.69) is 20.7 Å². The van der Waals surface area contributed by atoms with Crippen molar-refractivity contribution in [2.75, 3.05) is 20.3 Å². The average molecular weight is 853 g/mol. The minimum absolute atomic E-state index is 0.0442. The van der Waals surface area contributed by atoms with Crippen LogP contribution in [-0.4, -0.2) is 67.9 Å². The Morgan fingerprint density at radius 2 is 1.41 bits per heavy atom. The molecule has 2 N–H and O–H groups in total. The summed E-state index contributed by atoms with van der Waals surface area (Å²) >= 11 is 0. The maximum Gasteiger partial charge on any atom is 0.330 e. The highest BCUT2D eigenvalue weighted by atomic mass is 31.2. The van der Waals surface area contributed by atoms with Gasteiger partial charge in [0.1, 0.15) is 29.3 Å². The zero-order valence-corrected chi connectivity index (χ0v) is 36.4. The molecule has 16 heteroatoms. The Kier molecular flexibility index (Phi) is 14.4. The number of benzene rings is 3. The number of rotatable bonds is 18. The van der Waals surface area contributed by atoms with Gasteiger partial charge in [-0.25, -0.2) is 14.3 Å². The lowest BCUT2D eigenvalue weighted by atomic mass is 9.79. The zero-order chi connectivity index (χ0) is 43.9. The summed E-state index contributed by atoms with van der Waals surface area (Å²) in [6, 6.07) is 29.0. The fraction of sp³-hybridized carbons (Fsp3) is 0.400. The number of nitrogens with one attached hydrogen (secondary N) is 2. The van der Waals surface area contributed by atoms with Gasteiger partial charge in [-0.3, -0.25) is 28.7 Å². The number of hydrogen-bond donors (Lipinski definition) is 2. The summed E-state index contributed by atoms with van der Waals surface area (Å²) in [6.45, 7) is 10.9. The highest BCUT2D eigenvalue weighted by molar-refractivity contribution is 7.44. The van der Waals surface area contributed by atoms with Crippen LogP contribution < -0.4 is 27.2 Å². The molecule has 322 valence electrons. The topological polar surface area (TPSA) is 183 Å². The second kappa shape index (κ2) is 19.5. The van der Waals surface area contributed by atoms with E-state index in [-0.39, 0.29) is 55.8 Å². The number of hydrogen-bond acceptors (Lipinski definition) is 11. The van der Waals surface area contributed by atoms with E-state index in [0.717, 1.165) is 16.7 Å². The van der Waals surface area contributed by atoms with Crippen LogP contribution in [0.15, 0.2) is 117 Å². The molecule has 0 radical (unpaired) electrons. The molecular formula is C45H53N6O9P. The van der Waals surface area contributed by atoms with Crippen LogP contribution in [0, 0.1) is 25.2 Å². The Bertz CT molecular complexity index is 2490. The van der Waals surface area contributed by atoms with Crippen LogP contribution >= 0.6 is 8.53 Å². The first kappa shape index (κ1) is 45.1. The molecule has 15 nitrogen and oxygen atoms in total. The molecule has 3 heterocycles. The van der Waals surface area contributed by atoms with E-state index in [9.17, 15) is 24.4 Å². The molecule has 0 bridgehead atoms. The SMILES string of the molecule is COc1ccc(C(OC[C@@]2(Cn3cc(C)c(=O)[nH]c3=O)O[C@@H](n3cc(C)c(=O)[nH]c3=O)C[C@@H]2OP(OCCC#N)N(C(C)C)C(C)C)(c2ccccc2)c2ccccc2)cc1. The summed E-state index contributed by atoms with van der Waals surface area (Å²) in [5.74, 6) is 0.643. The van der Waals surface area contributed by atoms with Gasteiger partial charge < -0.3 is 23.3 Å². The lowest BCUT2D eigenvalue weighted by Crippen LogP contribution is -2.53. The molecule has 0 spiro atoms. The van der Waals surface area contributed by atoms with Gasteiger partial charge in [0.15, 0.2) is 0 Å². The van der Waals surface area contributed by atoms with E-state index in [0.29, 0.717) is 5.75 Å². The number of ether oxygens (including phenoxy) is 3. The molecule has 61 heavy (non-hydrogen) atoms. The molecule has 0 saturated carbocycles. The van der Waals surface area contributed by atoms with Gasteiger partial charge in [-0.2, -0.15) is 5.26 Å². The molecule has 2 aromatic heterocycles. The van der Waals surface area contributed by atoms with Crippen molar-refractivity contribution in [3.05, 3.63) is 167 Å². The molecule has 0 amide bonds. The predicted molar refractivity (Wildman–Crippen MR) is 231 cm³/mol. The normalized spacial score (nSPS) is 18.4. The fourth-order valence-electron chi connectivity index (χ4n) is 7.79. The Hall–Kier alpha value is -5.46. The van der Waals surface area contributed by atoms with Gasteiger partial charge in [0, 0.05) is 42.0 Å². The standard InChI is InChI=1S/C45H53N6O9P/c1-30(2)51(31(3)4)61(58-24-14-23-46)60-38-25-39(50-27-33(6)41(53)48-43(50)55)59-44(38,28-49-26-32(5)40(52)47-42(49)54)29-57-45(34-15-10-8-11-16-34,35-17-12-9-13-18-35)36-19-21-37(56-7)22-20-36/h8-13,15-22,26-27,30-31,38-39H,14,24-25,28-29H2,1-7H3,(H,47,52,54)(H,48,53,55)/t38-,39+,44+,61?/m0/s1. The largest absolute Gasteiger partial charge is 0.497 e. The van der Waals surface area contributed by atoms with Crippen LogP contribution in [0.1, 0.15) is 74.6 Å². The molecule has 4 atom stereocenters. The third-order valence-corrected chi connectivity index (χ3v) is 12.9. The average Bonchev–Trinajstić information content (AvgIpc) is 3.59. The Morgan fingerprint density at radius 3 is 1.97 bits per heavy atom. The van der Waals surface area contributed by atoms with E-state index in [1.807, 2.05) is 113 Å². The predicted octanol–water partition coefficient (Wildman–Crippen LogP) is 6.04. The number of H-pyrrole nitrogens is 2. The van der Waals surface area contributed by atoms with E-state index >= 15 is 0 Å². The van der Waals surface area contributed by atoms with E-state index < -0.39 is 54.6 Å². The summed E-state index contributed by atoms with van der Waals surface area (Å²) in [7, 11) is -0.322. The monoisotopic (exact) mass is 852 g/mol. The molecule has 1 saturated heterocycles. The zero-order valence-electron chi connectivity index (χ0n) is 35.5. The van der Waals surface area contributed by atoms with Gasteiger partial charge >= 0.3 is 11.4 Å². The second-order valence-electron chi connectivity index (χ2n) is 15.6. The minimum atomic E-state index is -1.92. The Labute approximate surface area is 355 Å². The quantitative estimate of drug-likeness (QED) is 0.0596. The highest BCUT2D eigenvalue weighted by Gasteiger charge is 2.55. The smallest absolute Gasteiger partial charge is 0.330 e. The molecule has 1 unspecified atom stereocenters. The number of aryl methyl sites for hydroxylation is 2. The molecule has 1 aliphatic rings. The van der Waals surface area contributed by atoms with Crippen molar-refractivity contribution in [1.29, 1.82) is 5.26 Å². The van der Waals surface area contributed by atoms with Crippen molar-refractivity contribution < 1.29 is 23.3 Å². The number of nitriles is 1. The van der Waals surface area contributed by atoms with E-state index in [1.165, 1.54) is 21.5 Å². The molecular weight excluding hydrogens is 800 g/mol. The van der Waals surface area contributed by atoms with Crippen molar-refractivity contribution in [1.82, 2.24) is 23.8 Å².